The van der Waals surface area contributed by atoms with Crippen LogP contribution in [0.1, 0.15) is 125 Å². The molecule has 2 aliphatic rings. The topological polar surface area (TPSA) is 190 Å². The minimum Gasteiger partial charge on any atom is -0.352 e. The SMILES string of the molecule is CC(C)C(C)NC(=O)[C@@H]1C[C@H](NC(=O)CC[C@@H](NC(=O)C([C@@H](C)NCl)C(C)(C)C)C(=O)NC2CCCc3ccccc32)CN1C(=O)C(NC(=O)[C@H](C)NCl)C(C)(C)C. The highest BCUT2D eigenvalue weighted by molar-refractivity contribution is 6.15. The van der Waals surface area contributed by atoms with Crippen LogP contribution in [0.15, 0.2) is 24.3 Å². The molecule has 1 saturated heterocycles. The number of rotatable bonds is 17. The second-order valence-electron chi connectivity index (χ2n) is 18.7. The van der Waals surface area contributed by atoms with E-state index in [2.05, 4.69) is 42.3 Å². The highest BCUT2D eigenvalue weighted by atomic mass is 35.5. The smallest absolute Gasteiger partial charge is 0.246 e. The summed E-state index contributed by atoms with van der Waals surface area (Å²) in [6, 6.07) is 2.76. The van der Waals surface area contributed by atoms with Gasteiger partial charge in [0, 0.05) is 31.1 Å². The van der Waals surface area contributed by atoms with E-state index in [0.29, 0.717) is 0 Å². The molecule has 58 heavy (non-hydrogen) atoms. The van der Waals surface area contributed by atoms with Gasteiger partial charge in [0.2, 0.25) is 35.4 Å². The fraction of sp³-hybridized carbons (Fsp3) is 0.714. The third-order valence-electron chi connectivity index (χ3n) is 11.4. The van der Waals surface area contributed by atoms with Gasteiger partial charge >= 0.3 is 0 Å². The second-order valence-corrected chi connectivity index (χ2v) is 19.1. The number of carbonyl (C=O) groups is 6. The zero-order valence-corrected chi connectivity index (χ0v) is 37.7. The van der Waals surface area contributed by atoms with Crippen LogP contribution >= 0.6 is 23.6 Å². The van der Waals surface area contributed by atoms with Gasteiger partial charge in [0.25, 0.3) is 0 Å². The van der Waals surface area contributed by atoms with Crippen LogP contribution in [0.3, 0.4) is 0 Å². The zero-order valence-electron chi connectivity index (χ0n) is 36.2. The maximum Gasteiger partial charge on any atom is 0.246 e. The Labute approximate surface area is 355 Å². The molecule has 0 radical (unpaired) electrons. The second kappa shape index (κ2) is 21.2. The molecule has 6 amide bonds. The Morgan fingerprint density at radius 3 is 2.03 bits per heavy atom. The monoisotopic (exact) mass is 850 g/mol. The standard InChI is InChI=1S/C42H68Cl2N8O6/c1-23(2)24(3)45-38(56)32-21-28(22-52(32)40(58)35(42(9,10)11)49-36(54)26(5)51-44)46-33(53)20-19-31(48-39(57)34(25(4)50-43)41(6,7)8)37(55)47-30-18-14-16-27-15-12-13-17-29(27)30/h12-13,15,17,23-26,28,30-32,34-35,50-51H,14,16,18-22H2,1-11H3,(H,45,56)(H,46,53)(H,47,55)(H,48,57)(H,49,54)/t24?,25-,26+,28+,30?,31-,32+,34?,35?/m1/s1. The number of fused-ring (bicyclic) bond motifs is 1. The van der Waals surface area contributed by atoms with Gasteiger partial charge in [-0.3, -0.25) is 28.8 Å². The van der Waals surface area contributed by atoms with E-state index in [4.69, 9.17) is 23.6 Å². The average Bonchev–Trinajstić information content (AvgIpc) is 3.57. The number of benzene rings is 1. The van der Waals surface area contributed by atoms with Crippen LogP contribution < -0.4 is 36.3 Å². The number of hydrogen-bond acceptors (Lipinski definition) is 8. The number of aryl methyl sites for hydroxylation is 1. The van der Waals surface area contributed by atoms with E-state index in [1.807, 2.05) is 80.5 Å². The molecule has 1 aromatic carbocycles. The molecule has 9 atom stereocenters. The van der Waals surface area contributed by atoms with E-state index in [-0.39, 0.29) is 55.6 Å². The van der Waals surface area contributed by atoms with Crippen molar-refractivity contribution in [2.75, 3.05) is 6.54 Å². The van der Waals surface area contributed by atoms with Gasteiger partial charge in [-0.15, -0.1) is 0 Å². The molecular formula is C42H68Cl2N8O6. The highest BCUT2D eigenvalue weighted by Crippen LogP contribution is 2.32. The maximum absolute atomic E-state index is 14.3. The van der Waals surface area contributed by atoms with Gasteiger partial charge in [0.1, 0.15) is 18.1 Å². The van der Waals surface area contributed by atoms with Crippen LogP contribution in [-0.2, 0) is 35.2 Å². The molecule has 0 spiro atoms. The molecule has 14 nitrogen and oxygen atoms in total. The average molecular weight is 852 g/mol. The molecule has 0 saturated carbocycles. The molecule has 326 valence electrons. The first-order valence-corrected chi connectivity index (χ1v) is 21.4. The normalized spacial score (nSPS) is 21.4. The summed E-state index contributed by atoms with van der Waals surface area (Å²) in [7, 11) is 0. The predicted octanol–water partition coefficient (Wildman–Crippen LogP) is 4.15. The minimum atomic E-state index is -1.04. The number of nitrogens with one attached hydrogen (secondary N) is 7. The van der Waals surface area contributed by atoms with Crippen molar-refractivity contribution in [3.8, 4) is 0 Å². The van der Waals surface area contributed by atoms with E-state index in [0.717, 1.165) is 24.8 Å². The molecule has 0 bridgehead atoms. The van der Waals surface area contributed by atoms with Crippen LogP contribution in [0.25, 0.3) is 0 Å². The molecule has 4 unspecified atom stereocenters. The lowest BCUT2D eigenvalue weighted by molar-refractivity contribution is -0.144. The number of carbonyl (C=O) groups excluding carboxylic acids is 6. The number of hydrogen-bond donors (Lipinski definition) is 7. The first-order chi connectivity index (χ1) is 27.0. The predicted molar refractivity (Wildman–Crippen MR) is 227 cm³/mol. The van der Waals surface area contributed by atoms with E-state index in [9.17, 15) is 28.8 Å². The highest BCUT2D eigenvalue weighted by Gasteiger charge is 2.46. The summed E-state index contributed by atoms with van der Waals surface area (Å²) in [5.41, 5.74) is 0.955. The van der Waals surface area contributed by atoms with Gasteiger partial charge in [0.05, 0.1) is 18.0 Å². The van der Waals surface area contributed by atoms with Crippen LogP contribution in [0.5, 0.6) is 0 Å². The van der Waals surface area contributed by atoms with E-state index < -0.39 is 76.6 Å². The van der Waals surface area contributed by atoms with Crippen molar-refractivity contribution in [1.29, 1.82) is 0 Å². The largest absolute Gasteiger partial charge is 0.352 e. The van der Waals surface area contributed by atoms with Crippen molar-refractivity contribution in [3.63, 3.8) is 0 Å². The summed E-state index contributed by atoms with van der Waals surface area (Å²) in [6.45, 7) is 20.4. The van der Waals surface area contributed by atoms with Gasteiger partial charge in [-0.25, -0.2) is 9.67 Å². The van der Waals surface area contributed by atoms with Crippen LogP contribution in [0.4, 0.5) is 0 Å². The van der Waals surface area contributed by atoms with Crippen LogP contribution in [0.2, 0.25) is 0 Å². The molecule has 1 aliphatic carbocycles. The van der Waals surface area contributed by atoms with Gasteiger partial charge < -0.3 is 31.5 Å². The number of likely N-dealkylation sites (tertiary alicyclic amines) is 1. The Bertz CT molecular complexity index is 1610. The number of nitrogens with zero attached hydrogens (tertiary/aromatic N) is 1. The Balaban J connectivity index is 1.85. The Kier molecular flexibility index (Phi) is 17.9. The lowest BCUT2D eigenvalue weighted by Crippen LogP contribution is -2.59. The van der Waals surface area contributed by atoms with Gasteiger partial charge in [-0.05, 0) is 104 Å². The maximum atomic E-state index is 14.3. The molecule has 1 fully saturated rings. The fourth-order valence-electron chi connectivity index (χ4n) is 7.77. The first-order valence-electron chi connectivity index (χ1n) is 20.6. The molecule has 16 heteroatoms. The number of halogens is 2. The van der Waals surface area contributed by atoms with Crippen molar-refractivity contribution in [1.82, 2.24) is 41.2 Å². The summed E-state index contributed by atoms with van der Waals surface area (Å²) in [5, 5.41) is 14.9. The zero-order chi connectivity index (χ0) is 43.7. The molecular weight excluding hydrogens is 783 g/mol. The van der Waals surface area contributed by atoms with E-state index in [1.54, 1.807) is 13.8 Å². The Morgan fingerprint density at radius 1 is 0.793 bits per heavy atom. The summed E-state index contributed by atoms with van der Waals surface area (Å²) < 4.78 is 0. The molecule has 1 aromatic rings. The van der Waals surface area contributed by atoms with E-state index in [1.165, 1.54) is 10.5 Å². The first kappa shape index (κ1) is 48.9. The Hall–Kier alpha value is -3.46. The fourth-order valence-corrected chi connectivity index (χ4v) is 7.99. The van der Waals surface area contributed by atoms with Crippen LogP contribution in [-0.4, -0.2) is 89.2 Å². The van der Waals surface area contributed by atoms with Gasteiger partial charge in [0.15, 0.2) is 0 Å². The minimum absolute atomic E-state index is 0.00652. The quantitative estimate of drug-likeness (QED) is 0.114. The molecule has 7 N–H and O–H groups in total. The summed E-state index contributed by atoms with van der Waals surface area (Å²) in [5.74, 6) is -2.97. The lowest BCUT2D eigenvalue weighted by Gasteiger charge is -2.36. The van der Waals surface area contributed by atoms with Crippen molar-refractivity contribution in [2.45, 2.75) is 163 Å². The van der Waals surface area contributed by atoms with E-state index >= 15 is 0 Å². The van der Waals surface area contributed by atoms with Crippen molar-refractivity contribution in [2.24, 2.45) is 22.7 Å². The van der Waals surface area contributed by atoms with Crippen molar-refractivity contribution in [3.05, 3.63) is 35.4 Å². The molecule has 1 heterocycles. The lowest BCUT2D eigenvalue weighted by atomic mass is 9.76. The van der Waals surface area contributed by atoms with Gasteiger partial charge in [-0.1, -0.05) is 79.7 Å². The van der Waals surface area contributed by atoms with Crippen molar-refractivity contribution < 1.29 is 28.8 Å². The summed E-state index contributed by atoms with van der Waals surface area (Å²) >= 11 is 11.7. The Morgan fingerprint density at radius 2 is 1.45 bits per heavy atom. The number of amides is 6. The van der Waals surface area contributed by atoms with Gasteiger partial charge in [-0.2, -0.15) is 0 Å². The third kappa shape index (κ3) is 13.3. The summed E-state index contributed by atoms with van der Waals surface area (Å²) in [4.78, 5) is 89.1. The third-order valence-corrected chi connectivity index (χ3v) is 12.1. The van der Waals surface area contributed by atoms with Crippen LogP contribution in [0, 0.1) is 22.7 Å². The molecule has 1 aliphatic heterocycles. The molecule has 3 rings (SSSR count). The molecule has 0 aromatic heterocycles. The summed E-state index contributed by atoms with van der Waals surface area (Å²) in [6.07, 6.45) is 2.56. The van der Waals surface area contributed by atoms with Crippen molar-refractivity contribution >= 4 is 59.0 Å².